The second-order valence-electron chi connectivity index (χ2n) is 9.15. The zero-order valence-corrected chi connectivity index (χ0v) is 20.5. The van der Waals surface area contributed by atoms with Crippen LogP contribution in [0, 0.1) is 6.92 Å². The van der Waals surface area contributed by atoms with E-state index in [1.165, 1.54) is 25.2 Å². The summed E-state index contributed by atoms with van der Waals surface area (Å²) in [6.07, 6.45) is 6.24. The zero-order chi connectivity index (χ0) is 26.3. The van der Waals surface area contributed by atoms with Crippen LogP contribution in [-0.2, 0) is 0 Å². The number of hydrogen-bond acceptors (Lipinski definition) is 10. The molecule has 38 heavy (non-hydrogen) atoms. The molecule has 0 bridgehead atoms. The number of likely N-dealkylation sites (tertiary alicyclic amines) is 1. The molecule has 1 fully saturated rings. The smallest absolute Gasteiger partial charge is 0.296 e. The van der Waals surface area contributed by atoms with E-state index in [9.17, 15) is 8.78 Å². The second kappa shape index (κ2) is 9.41. The first-order chi connectivity index (χ1) is 18.4. The van der Waals surface area contributed by atoms with Gasteiger partial charge in [-0.2, -0.15) is 5.10 Å². The van der Waals surface area contributed by atoms with E-state index >= 15 is 0 Å². The van der Waals surface area contributed by atoms with Gasteiger partial charge in [0, 0.05) is 24.7 Å². The van der Waals surface area contributed by atoms with Gasteiger partial charge in [-0.05, 0) is 37.7 Å². The summed E-state index contributed by atoms with van der Waals surface area (Å²) in [5.74, 6) is -1.39. The maximum Gasteiger partial charge on any atom is 0.296 e. The molecule has 0 amide bonds. The molecule has 1 aliphatic heterocycles. The number of alkyl halides is 2. The Kier molecular flexibility index (Phi) is 5.91. The highest BCUT2D eigenvalue weighted by atomic mass is 19.3. The molecule has 0 saturated carbocycles. The van der Waals surface area contributed by atoms with Crippen molar-refractivity contribution < 1.29 is 18.3 Å². The van der Waals surface area contributed by atoms with Crippen LogP contribution in [0.25, 0.3) is 16.6 Å². The number of aryl methyl sites for hydroxylation is 1. The molecular formula is C25H23F2N9O2. The number of piperidine rings is 1. The molecule has 1 saturated heterocycles. The quantitative estimate of drug-likeness (QED) is 0.353. The minimum Gasteiger partial charge on any atom is -0.482 e. The molecule has 1 atom stereocenters. The Hall–Kier alpha value is -4.52. The van der Waals surface area contributed by atoms with E-state index in [4.69, 9.17) is 9.47 Å². The summed E-state index contributed by atoms with van der Waals surface area (Å²) >= 11 is 0. The zero-order valence-electron chi connectivity index (χ0n) is 20.5. The molecule has 0 spiro atoms. The predicted octanol–water partition coefficient (Wildman–Crippen LogP) is 4.03. The number of benzene rings is 1. The van der Waals surface area contributed by atoms with Gasteiger partial charge in [-0.15, -0.1) is 0 Å². The van der Waals surface area contributed by atoms with E-state index in [-0.39, 0.29) is 18.7 Å². The third kappa shape index (κ3) is 4.63. The van der Waals surface area contributed by atoms with E-state index in [2.05, 4.69) is 35.3 Å². The molecule has 13 heteroatoms. The SMILES string of the molecule is Cc1cc(Nc2ncnc3cncc(O[C@@H]4CCN(C)CC4(F)F)c23)ccc1Oc1cc2ncnn2cn1. The number of pyridine rings is 1. The van der Waals surface area contributed by atoms with Gasteiger partial charge in [0.05, 0.1) is 29.8 Å². The first-order valence-electron chi connectivity index (χ1n) is 11.9. The number of hydrogen-bond donors (Lipinski definition) is 1. The maximum atomic E-state index is 14.7. The Morgan fingerprint density at radius 2 is 1.95 bits per heavy atom. The Balaban J connectivity index is 1.26. The highest BCUT2D eigenvalue weighted by Crippen LogP contribution is 2.36. The summed E-state index contributed by atoms with van der Waals surface area (Å²) in [6.45, 7) is 2.04. The number of nitrogens with one attached hydrogen (secondary N) is 1. The summed E-state index contributed by atoms with van der Waals surface area (Å²) in [7, 11) is 1.67. The summed E-state index contributed by atoms with van der Waals surface area (Å²) in [5.41, 5.74) is 2.64. The lowest BCUT2D eigenvalue weighted by Gasteiger charge is -2.36. The summed E-state index contributed by atoms with van der Waals surface area (Å²) in [5, 5.41) is 7.75. The van der Waals surface area contributed by atoms with E-state index in [0.29, 0.717) is 46.2 Å². The number of fused-ring (bicyclic) bond motifs is 2. The first-order valence-corrected chi connectivity index (χ1v) is 11.9. The van der Waals surface area contributed by atoms with Crippen molar-refractivity contribution in [1.29, 1.82) is 0 Å². The van der Waals surface area contributed by atoms with Crippen molar-refractivity contribution in [3.63, 3.8) is 0 Å². The van der Waals surface area contributed by atoms with Crippen LogP contribution >= 0.6 is 0 Å². The maximum absolute atomic E-state index is 14.7. The number of aromatic nitrogens is 7. The lowest BCUT2D eigenvalue weighted by Crippen LogP contribution is -2.52. The highest BCUT2D eigenvalue weighted by molar-refractivity contribution is 5.95. The number of halogens is 2. The van der Waals surface area contributed by atoms with E-state index in [1.54, 1.807) is 34.8 Å². The Morgan fingerprint density at radius 1 is 1.05 bits per heavy atom. The van der Waals surface area contributed by atoms with Crippen LogP contribution in [0.2, 0.25) is 0 Å². The average Bonchev–Trinajstić information content (AvgIpc) is 3.35. The molecule has 0 unspecified atom stereocenters. The molecule has 0 aliphatic carbocycles. The summed E-state index contributed by atoms with van der Waals surface area (Å²) in [6, 6.07) is 7.19. The number of rotatable bonds is 6. The minimum absolute atomic E-state index is 0.190. The fourth-order valence-electron chi connectivity index (χ4n) is 4.41. The van der Waals surface area contributed by atoms with Crippen molar-refractivity contribution in [2.45, 2.75) is 25.4 Å². The van der Waals surface area contributed by atoms with Gasteiger partial charge >= 0.3 is 0 Å². The number of ether oxygens (including phenoxy) is 2. The monoisotopic (exact) mass is 519 g/mol. The van der Waals surface area contributed by atoms with Crippen molar-refractivity contribution >= 4 is 28.1 Å². The van der Waals surface area contributed by atoms with Gasteiger partial charge in [-0.3, -0.25) is 4.98 Å². The molecule has 0 radical (unpaired) electrons. The Bertz CT molecular complexity index is 1620. The van der Waals surface area contributed by atoms with Crippen molar-refractivity contribution in [2.75, 3.05) is 25.5 Å². The lowest BCUT2D eigenvalue weighted by atomic mass is 10.0. The Morgan fingerprint density at radius 3 is 2.79 bits per heavy atom. The number of anilines is 2. The van der Waals surface area contributed by atoms with Gasteiger partial charge in [0.2, 0.25) is 5.88 Å². The fourth-order valence-corrected chi connectivity index (χ4v) is 4.41. The van der Waals surface area contributed by atoms with Crippen LogP contribution in [0.1, 0.15) is 12.0 Å². The standard InChI is InChI=1S/C25H23F2N9O2/c1-15-7-16(3-4-18(15)38-22-8-21-30-13-33-36(21)14-32-22)34-24-23-17(29-12-31-24)9-28-10-19(23)37-20-5-6-35(2)11-25(20,26)27/h3-4,7-10,12-14,20H,5-6,11H2,1-2H3,(H,29,31,34)/t20-/m1/s1. The fraction of sp³-hybridized carbons (Fsp3) is 0.280. The van der Waals surface area contributed by atoms with Crippen LogP contribution in [0.5, 0.6) is 17.4 Å². The van der Waals surface area contributed by atoms with Gasteiger partial charge in [0.25, 0.3) is 5.92 Å². The van der Waals surface area contributed by atoms with Gasteiger partial charge in [-0.1, -0.05) is 0 Å². The third-order valence-corrected chi connectivity index (χ3v) is 6.31. The molecule has 4 aromatic heterocycles. The van der Waals surface area contributed by atoms with Crippen molar-refractivity contribution in [2.24, 2.45) is 0 Å². The normalized spacial score (nSPS) is 17.5. The van der Waals surface area contributed by atoms with Crippen LogP contribution in [0.4, 0.5) is 20.3 Å². The molecular weight excluding hydrogens is 496 g/mol. The summed E-state index contributed by atoms with van der Waals surface area (Å²) in [4.78, 5) is 22.7. The first kappa shape index (κ1) is 23.9. The van der Waals surface area contributed by atoms with E-state index < -0.39 is 12.0 Å². The predicted molar refractivity (Wildman–Crippen MR) is 134 cm³/mol. The molecule has 5 aromatic rings. The minimum atomic E-state index is -3.00. The van der Waals surface area contributed by atoms with Crippen molar-refractivity contribution in [3.8, 4) is 17.4 Å². The van der Waals surface area contributed by atoms with Crippen molar-refractivity contribution in [1.82, 2.24) is 39.4 Å². The molecule has 1 aromatic carbocycles. The van der Waals surface area contributed by atoms with Gasteiger partial charge in [0.1, 0.15) is 30.5 Å². The largest absolute Gasteiger partial charge is 0.482 e. The van der Waals surface area contributed by atoms with Gasteiger partial charge in [-0.25, -0.2) is 33.2 Å². The van der Waals surface area contributed by atoms with E-state index in [1.807, 2.05) is 19.1 Å². The average molecular weight is 520 g/mol. The number of nitrogens with zero attached hydrogens (tertiary/aromatic N) is 8. The molecule has 1 aliphatic rings. The second-order valence-corrected chi connectivity index (χ2v) is 9.15. The van der Waals surface area contributed by atoms with Crippen LogP contribution < -0.4 is 14.8 Å². The molecule has 1 N–H and O–H groups in total. The van der Waals surface area contributed by atoms with Crippen molar-refractivity contribution in [3.05, 3.63) is 61.2 Å². The Labute approximate surface area is 215 Å². The third-order valence-electron chi connectivity index (χ3n) is 6.31. The molecule has 5 heterocycles. The summed E-state index contributed by atoms with van der Waals surface area (Å²) < 4.78 is 42.7. The molecule has 6 rings (SSSR count). The lowest BCUT2D eigenvalue weighted by molar-refractivity contribution is -0.134. The molecule has 194 valence electrons. The topological polar surface area (TPSA) is 115 Å². The van der Waals surface area contributed by atoms with Crippen LogP contribution in [0.15, 0.2) is 55.6 Å². The van der Waals surface area contributed by atoms with Gasteiger partial charge in [0.15, 0.2) is 17.5 Å². The molecule has 11 nitrogen and oxygen atoms in total. The van der Waals surface area contributed by atoms with Crippen LogP contribution in [-0.4, -0.2) is 71.6 Å². The van der Waals surface area contributed by atoms with Crippen LogP contribution in [0.3, 0.4) is 0 Å². The highest BCUT2D eigenvalue weighted by Gasteiger charge is 2.45. The van der Waals surface area contributed by atoms with Gasteiger partial charge < -0.3 is 19.7 Å². The van der Waals surface area contributed by atoms with E-state index in [0.717, 1.165) is 5.56 Å².